The molecule has 110 valence electrons. The predicted octanol–water partition coefficient (Wildman–Crippen LogP) is 4.00. The molecule has 0 bridgehead atoms. The minimum absolute atomic E-state index is 0.129. The van der Waals surface area contributed by atoms with Gasteiger partial charge in [-0.05, 0) is 40.5 Å². The van der Waals surface area contributed by atoms with E-state index >= 15 is 0 Å². The fourth-order valence-corrected chi connectivity index (χ4v) is 3.37. The molecule has 0 aliphatic rings. The van der Waals surface area contributed by atoms with Crippen LogP contribution in [0.15, 0.2) is 0 Å². The van der Waals surface area contributed by atoms with Gasteiger partial charge in [0, 0.05) is 24.1 Å². The fraction of sp³-hybridized carbons (Fsp3) is 0.800. The van der Waals surface area contributed by atoms with Crippen molar-refractivity contribution in [2.75, 3.05) is 7.11 Å². The molecule has 1 rings (SSSR count). The first-order valence-corrected chi connectivity index (χ1v) is 7.86. The summed E-state index contributed by atoms with van der Waals surface area (Å²) in [6, 6.07) is 0. The van der Waals surface area contributed by atoms with Gasteiger partial charge >= 0.3 is 0 Å². The van der Waals surface area contributed by atoms with Crippen molar-refractivity contribution in [3.8, 4) is 0 Å². The second kappa shape index (κ2) is 6.33. The highest BCUT2D eigenvalue weighted by Crippen LogP contribution is 2.36. The standard InChI is InChI=1S/C15H28N2OS/c1-8-15(9-2,18-7)13-17-11(3)12(19-13)10-16-14(4,5)6/h16H,8-10H2,1-7H3. The molecule has 0 aliphatic heterocycles. The van der Waals surface area contributed by atoms with E-state index in [0.29, 0.717) is 0 Å². The molecule has 19 heavy (non-hydrogen) atoms. The lowest BCUT2D eigenvalue weighted by atomic mass is 9.98. The van der Waals surface area contributed by atoms with Crippen molar-refractivity contribution >= 4 is 11.3 Å². The second-order valence-electron chi connectivity index (χ2n) is 6.04. The van der Waals surface area contributed by atoms with Gasteiger partial charge in [-0.1, -0.05) is 13.8 Å². The molecule has 0 unspecified atom stereocenters. The van der Waals surface area contributed by atoms with Crippen LogP contribution in [-0.4, -0.2) is 17.6 Å². The van der Waals surface area contributed by atoms with Crippen LogP contribution in [0.3, 0.4) is 0 Å². The number of ether oxygens (including phenoxy) is 1. The Morgan fingerprint density at radius 3 is 2.21 bits per heavy atom. The lowest BCUT2D eigenvalue weighted by Gasteiger charge is -2.27. The molecule has 4 heteroatoms. The topological polar surface area (TPSA) is 34.1 Å². The Hall–Kier alpha value is -0.450. The number of aromatic nitrogens is 1. The van der Waals surface area contributed by atoms with Gasteiger partial charge in [-0.2, -0.15) is 0 Å². The van der Waals surface area contributed by atoms with Gasteiger partial charge in [0.15, 0.2) is 0 Å². The molecule has 0 aromatic carbocycles. The third kappa shape index (κ3) is 4.01. The molecule has 0 fully saturated rings. The third-order valence-electron chi connectivity index (χ3n) is 3.59. The number of nitrogens with zero attached hydrogens (tertiary/aromatic N) is 1. The molecular weight excluding hydrogens is 256 g/mol. The average molecular weight is 284 g/mol. The van der Waals surface area contributed by atoms with Gasteiger partial charge in [0.25, 0.3) is 0 Å². The van der Waals surface area contributed by atoms with Gasteiger partial charge in [-0.25, -0.2) is 4.98 Å². The summed E-state index contributed by atoms with van der Waals surface area (Å²) in [6.07, 6.45) is 1.91. The summed E-state index contributed by atoms with van der Waals surface area (Å²) >= 11 is 1.78. The first-order chi connectivity index (χ1) is 8.78. The Morgan fingerprint density at radius 1 is 1.21 bits per heavy atom. The van der Waals surface area contributed by atoms with E-state index < -0.39 is 0 Å². The maximum Gasteiger partial charge on any atom is 0.125 e. The number of thiazole rings is 1. The summed E-state index contributed by atoms with van der Waals surface area (Å²) in [7, 11) is 1.79. The molecule has 1 aromatic rings. The normalized spacial score (nSPS) is 13.0. The number of methoxy groups -OCH3 is 1. The number of nitrogens with one attached hydrogen (secondary N) is 1. The summed E-state index contributed by atoms with van der Waals surface area (Å²) in [5, 5.41) is 4.64. The summed E-state index contributed by atoms with van der Waals surface area (Å²) in [6.45, 7) is 13.8. The lowest BCUT2D eigenvalue weighted by molar-refractivity contribution is -0.0219. The minimum Gasteiger partial charge on any atom is -0.371 e. The molecule has 0 radical (unpaired) electrons. The zero-order valence-electron chi connectivity index (χ0n) is 13.4. The van der Waals surface area contributed by atoms with E-state index in [-0.39, 0.29) is 11.1 Å². The van der Waals surface area contributed by atoms with Crippen molar-refractivity contribution in [2.24, 2.45) is 0 Å². The number of hydrogen-bond donors (Lipinski definition) is 1. The predicted molar refractivity (Wildman–Crippen MR) is 82.7 cm³/mol. The third-order valence-corrected chi connectivity index (χ3v) is 4.94. The highest BCUT2D eigenvalue weighted by molar-refractivity contribution is 7.11. The van der Waals surface area contributed by atoms with Gasteiger partial charge in [0.2, 0.25) is 0 Å². The van der Waals surface area contributed by atoms with Crippen LogP contribution in [0, 0.1) is 6.92 Å². The van der Waals surface area contributed by atoms with Crippen molar-refractivity contribution in [3.05, 3.63) is 15.6 Å². The van der Waals surface area contributed by atoms with E-state index in [2.05, 4.69) is 46.9 Å². The minimum atomic E-state index is -0.213. The van der Waals surface area contributed by atoms with Crippen LogP contribution >= 0.6 is 11.3 Å². The Bertz CT molecular complexity index is 395. The average Bonchev–Trinajstić information content (AvgIpc) is 2.71. The molecule has 1 N–H and O–H groups in total. The molecule has 0 aliphatic carbocycles. The number of rotatable bonds is 6. The second-order valence-corrected chi connectivity index (χ2v) is 7.12. The molecule has 0 atom stereocenters. The molecule has 1 heterocycles. The van der Waals surface area contributed by atoms with Crippen molar-refractivity contribution < 1.29 is 4.74 Å². The summed E-state index contributed by atoms with van der Waals surface area (Å²) in [4.78, 5) is 6.06. The van der Waals surface area contributed by atoms with E-state index in [1.807, 2.05) is 0 Å². The van der Waals surface area contributed by atoms with E-state index in [9.17, 15) is 0 Å². The molecule has 0 amide bonds. The van der Waals surface area contributed by atoms with Crippen LogP contribution in [0.2, 0.25) is 0 Å². The van der Waals surface area contributed by atoms with Crippen molar-refractivity contribution in [2.45, 2.75) is 72.1 Å². The first-order valence-electron chi connectivity index (χ1n) is 7.05. The maximum atomic E-state index is 5.76. The maximum absolute atomic E-state index is 5.76. The zero-order valence-corrected chi connectivity index (χ0v) is 14.2. The summed E-state index contributed by atoms with van der Waals surface area (Å²) in [5.41, 5.74) is 1.04. The molecule has 0 spiro atoms. The Morgan fingerprint density at radius 2 is 1.79 bits per heavy atom. The van der Waals surface area contributed by atoms with Crippen molar-refractivity contribution in [1.29, 1.82) is 0 Å². The fourth-order valence-electron chi connectivity index (χ4n) is 2.06. The van der Waals surface area contributed by atoms with E-state index in [4.69, 9.17) is 9.72 Å². The van der Waals surface area contributed by atoms with E-state index in [1.165, 1.54) is 4.88 Å². The van der Waals surface area contributed by atoms with Crippen LogP contribution in [0.4, 0.5) is 0 Å². The molecule has 0 saturated carbocycles. The summed E-state index contributed by atoms with van der Waals surface area (Å²) in [5.74, 6) is 0. The van der Waals surface area contributed by atoms with Gasteiger partial charge < -0.3 is 10.1 Å². The largest absolute Gasteiger partial charge is 0.371 e. The Kier molecular flexibility index (Phi) is 5.53. The Balaban J connectivity index is 2.95. The zero-order chi connectivity index (χ0) is 14.7. The highest BCUT2D eigenvalue weighted by Gasteiger charge is 2.32. The number of aryl methyl sites for hydroxylation is 1. The van der Waals surface area contributed by atoms with Crippen LogP contribution in [-0.2, 0) is 16.9 Å². The molecule has 3 nitrogen and oxygen atoms in total. The van der Waals surface area contributed by atoms with Crippen LogP contribution in [0.5, 0.6) is 0 Å². The first kappa shape index (κ1) is 16.6. The van der Waals surface area contributed by atoms with E-state index in [0.717, 1.165) is 30.1 Å². The smallest absolute Gasteiger partial charge is 0.125 e. The molecular formula is C15H28N2OS. The van der Waals surface area contributed by atoms with Gasteiger partial charge in [-0.3, -0.25) is 0 Å². The van der Waals surface area contributed by atoms with Gasteiger partial charge in [0.05, 0.1) is 5.69 Å². The molecule has 1 aromatic heterocycles. The SMILES string of the molecule is CCC(CC)(OC)c1nc(C)c(CNC(C)(C)C)s1. The Labute approximate surface area is 121 Å². The van der Waals surface area contributed by atoms with Crippen LogP contribution in [0.1, 0.15) is 63.0 Å². The van der Waals surface area contributed by atoms with E-state index in [1.54, 1.807) is 18.4 Å². The van der Waals surface area contributed by atoms with Crippen LogP contribution in [0.25, 0.3) is 0 Å². The van der Waals surface area contributed by atoms with Gasteiger partial charge in [0.1, 0.15) is 10.6 Å². The monoisotopic (exact) mass is 284 g/mol. The van der Waals surface area contributed by atoms with Crippen LogP contribution < -0.4 is 5.32 Å². The lowest BCUT2D eigenvalue weighted by Crippen LogP contribution is -2.34. The quantitative estimate of drug-likeness (QED) is 0.857. The highest BCUT2D eigenvalue weighted by atomic mass is 32.1. The molecule has 0 saturated heterocycles. The van der Waals surface area contributed by atoms with Crippen molar-refractivity contribution in [1.82, 2.24) is 10.3 Å². The summed E-state index contributed by atoms with van der Waals surface area (Å²) < 4.78 is 5.76. The number of hydrogen-bond acceptors (Lipinski definition) is 4. The van der Waals surface area contributed by atoms with Gasteiger partial charge in [-0.15, -0.1) is 11.3 Å². The van der Waals surface area contributed by atoms with Crippen molar-refractivity contribution in [3.63, 3.8) is 0 Å².